The molecule has 0 radical (unpaired) electrons. The Morgan fingerprint density at radius 1 is 0.917 bits per heavy atom. The quantitative estimate of drug-likeness (QED) is 0.0991. The zero-order valence-corrected chi connectivity index (χ0v) is 28.1. The van der Waals surface area contributed by atoms with Crippen LogP contribution in [-0.2, 0) is 14.3 Å². The number of hydrogen-bond donors (Lipinski definition) is 4. The molecule has 0 bridgehead atoms. The third kappa shape index (κ3) is 9.47. The summed E-state index contributed by atoms with van der Waals surface area (Å²) < 4.78 is 5.63. The van der Waals surface area contributed by atoms with E-state index in [1.165, 1.54) is 5.57 Å². The molecule has 0 aromatic heterocycles. The summed E-state index contributed by atoms with van der Waals surface area (Å²) in [6.07, 6.45) is 3.80. The van der Waals surface area contributed by atoms with Crippen molar-refractivity contribution in [2.75, 3.05) is 18.5 Å². The molecule has 3 aromatic rings. The maximum Gasteiger partial charge on any atom is 0.312 e. The van der Waals surface area contributed by atoms with Crippen LogP contribution in [0.3, 0.4) is 0 Å². The van der Waals surface area contributed by atoms with E-state index in [4.69, 9.17) is 10.5 Å². The summed E-state index contributed by atoms with van der Waals surface area (Å²) in [5.41, 5.74) is 12.5. The average molecular weight is 653 g/mol. The van der Waals surface area contributed by atoms with E-state index in [1.54, 1.807) is 13.8 Å². The number of nitrogens with zero attached hydrogens (tertiary/aromatic N) is 1. The van der Waals surface area contributed by atoms with E-state index in [9.17, 15) is 19.5 Å². The van der Waals surface area contributed by atoms with Gasteiger partial charge in [0.05, 0.1) is 0 Å². The molecule has 254 valence electrons. The Morgan fingerprint density at radius 2 is 1.52 bits per heavy atom. The number of benzene rings is 3. The number of nitrogens with two attached hydrogens (primary N) is 1. The van der Waals surface area contributed by atoms with Gasteiger partial charge in [0, 0.05) is 24.8 Å². The number of nitrogens with one attached hydrogen (secondary N) is 3. The maximum absolute atomic E-state index is 13.5. The topological polar surface area (TPSA) is 158 Å². The number of urea groups is 1. The summed E-state index contributed by atoms with van der Waals surface area (Å²) >= 11 is 0. The minimum absolute atomic E-state index is 0.0769. The Labute approximate surface area is 282 Å². The molecule has 1 aliphatic carbocycles. The predicted octanol–water partition coefficient (Wildman–Crippen LogP) is 5.33. The number of amides is 4. The highest BCUT2D eigenvalue weighted by molar-refractivity contribution is 5.98. The first kappa shape index (κ1) is 35.7. The molecule has 5 N–H and O–H groups in total. The van der Waals surface area contributed by atoms with Crippen molar-refractivity contribution in [3.63, 3.8) is 0 Å². The molecule has 0 spiro atoms. The van der Waals surface area contributed by atoms with Crippen LogP contribution in [0.1, 0.15) is 76.0 Å². The van der Waals surface area contributed by atoms with Gasteiger partial charge in [-0.15, -0.1) is 0 Å². The standard InChI is InChI=1S/C38H47N5O5/c1-5-25(6-2)22-26-17-19-27(20-18-26)41-35(44)33(16-11-21-40-37(39)46)42-36(45)34(24(3)4)43-38(47)48-23-32-30-14-9-7-12-28(30)29-13-8-10-15-31(29)32/h7-10,12-15,17-20,22,24,32-34H,5-6,11,16,21,23H2,1-4H3,(H,41,44)(H,42,45)(H,43,47)(H3,39,40,46)/p-1/t33-,34+/m0/s1. The number of allylic oxidation sites excluding steroid dienone is 1. The Bertz CT molecular complexity index is 1580. The van der Waals surface area contributed by atoms with Crippen LogP contribution in [0.2, 0.25) is 0 Å². The highest BCUT2D eigenvalue weighted by Gasteiger charge is 2.29. The van der Waals surface area contributed by atoms with Gasteiger partial charge in [0.25, 0.3) is 0 Å². The van der Waals surface area contributed by atoms with Crippen LogP contribution < -0.4 is 26.8 Å². The number of primary amides is 1. The minimum atomic E-state index is -1.09. The summed E-state index contributed by atoms with van der Waals surface area (Å²) in [5, 5.41) is 21.2. The number of hydrogen-bond acceptors (Lipinski definition) is 6. The molecule has 48 heavy (non-hydrogen) atoms. The second-order valence-corrected chi connectivity index (χ2v) is 12.2. The molecule has 0 aliphatic heterocycles. The van der Waals surface area contributed by atoms with Gasteiger partial charge in [0.15, 0.2) is 0 Å². The number of fused-ring (bicyclic) bond motifs is 3. The second-order valence-electron chi connectivity index (χ2n) is 12.2. The number of anilines is 1. The zero-order chi connectivity index (χ0) is 34.6. The molecule has 0 fully saturated rings. The van der Waals surface area contributed by atoms with Gasteiger partial charge in [-0.25, -0.2) is 4.79 Å². The molecule has 0 saturated heterocycles. The SMILES string of the molecule is CCC(=Cc1ccc(NC(=O)[C@H](CCCNC(N)=O)NC(=O)[C@H](N=C([O-])OCC2c3ccccc3-c3ccccc32)C(C)C)cc1)CC. The Morgan fingerprint density at radius 3 is 2.08 bits per heavy atom. The van der Waals surface area contributed by atoms with Gasteiger partial charge in [-0.05, 0) is 71.6 Å². The molecule has 3 aromatic carbocycles. The lowest BCUT2D eigenvalue weighted by Gasteiger charge is -2.25. The fourth-order valence-corrected chi connectivity index (χ4v) is 5.88. The summed E-state index contributed by atoms with van der Waals surface area (Å²) in [6.45, 7) is 8.08. The third-order valence-electron chi connectivity index (χ3n) is 8.54. The van der Waals surface area contributed by atoms with Gasteiger partial charge < -0.3 is 31.5 Å². The predicted molar refractivity (Wildman–Crippen MR) is 188 cm³/mol. The van der Waals surface area contributed by atoms with Gasteiger partial charge in [-0.3, -0.25) is 14.6 Å². The van der Waals surface area contributed by atoms with Gasteiger partial charge in [0.2, 0.25) is 11.8 Å². The zero-order valence-electron chi connectivity index (χ0n) is 28.1. The van der Waals surface area contributed by atoms with Gasteiger partial charge in [-0.1, -0.05) is 100 Å². The van der Waals surface area contributed by atoms with Crippen molar-refractivity contribution in [3.05, 3.63) is 95.1 Å². The number of aliphatic imine (C=N–C) groups is 1. The van der Waals surface area contributed by atoms with Gasteiger partial charge >= 0.3 is 6.03 Å². The number of carbonyl (C=O) groups excluding carboxylic acids is 3. The number of ether oxygens (including phenoxy) is 1. The molecule has 0 saturated carbocycles. The minimum Gasteiger partial charge on any atom is -0.599 e. The molecule has 4 rings (SSSR count). The van der Waals surface area contributed by atoms with Crippen molar-refractivity contribution in [2.45, 2.75) is 71.4 Å². The fourth-order valence-electron chi connectivity index (χ4n) is 5.88. The molecule has 1 aliphatic rings. The van der Waals surface area contributed by atoms with Crippen molar-refractivity contribution in [2.24, 2.45) is 16.6 Å². The average Bonchev–Trinajstić information content (AvgIpc) is 3.40. The molecule has 10 nitrogen and oxygen atoms in total. The normalized spacial score (nSPS) is 13.6. The summed E-state index contributed by atoms with van der Waals surface area (Å²) in [5.74, 6) is -1.51. The number of rotatable bonds is 15. The highest BCUT2D eigenvalue weighted by Crippen LogP contribution is 2.44. The Hall–Kier alpha value is -5.12. The molecule has 2 atom stereocenters. The van der Waals surface area contributed by atoms with Crippen molar-refractivity contribution in [3.8, 4) is 11.1 Å². The van der Waals surface area contributed by atoms with E-state index in [0.717, 1.165) is 40.7 Å². The van der Waals surface area contributed by atoms with E-state index in [2.05, 4.69) is 53.0 Å². The molecule has 10 heteroatoms. The van der Waals surface area contributed by atoms with E-state index in [-0.39, 0.29) is 31.4 Å². The van der Waals surface area contributed by atoms with Crippen LogP contribution in [0.5, 0.6) is 0 Å². The molecule has 4 amide bonds. The lowest BCUT2D eigenvalue weighted by atomic mass is 9.98. The first-order valence-electron chi connectivity index (χ1n) is 16.6. The largest absolute Gasteiger partial charge is 0.599 e. The van der Waals surface area contributed by atoms with Crippen LogP contribution in [0.15, 0.2) is 83.4 Å². The Balaban J connectivity index is 1.44. The first-order chi connectivity index (χ1) is 23.1. The van der Waals surface area contributed by atoms with E-state index < -0.39 is 36.0 Å². The van der Waals surface area contributed by atoms with Crippen LogP contribution in [0, 0.1) is 5.92 Å². The van der Waals surface area contributed by atoms with Crippen molar-refractivity contribution in [1.82, 2.24) is 10.6 Å². The smallest absolute Gasteiger partial charge is 0.312 e. The molecule has 0 unspecified atom stereocenters. The summed E-state index contributed by atoms with van der Waals surface area (Å²) in [4.78, 5) is 42.2. The lowest BCUT2D eigenvalue weighted by molar-refractivity contribution is -0.251. The number of carbonyl (C=O) groups is 3. The van der Waals surface area contributed by atoms with E-state index in [1.807, 2.05) is 60.7 Å². The van der Waals surface area contributed by atoms with Crippen molar-refractivity contribution in [1.29, 1.82) is 0 Å². The second kappa shape index (κ2) is 17.2. The Kier molecular flexibility index (Phi) is 12.8. The molecule has 0 heterocycles. The third-order valence-corrected chi connectivity index (χ3v) is 8.54. The highest BCUT2D eigenvalue weighted by atomic mass is 16.6. The monoisotopic (exact) mass is 652 g/mol. The van der Waals surface area contributed by atoms with Crippen molar-refractivity contribution >= 4 is 35.7 Å². The fraction of sp³-hybridized carbons (Fsp3) is 0.368. The molecular formula is C38H46N5O5-. The van der Waals surface area contributed by atoms with Crippen LogP contribution in [0.25, 0.3) is 17.2 Å². The van der Waals surface area contributed by atoms with Crippen LogP contribution in [0.4, 0.5) is 10.5 Å². The summed E-state index contributed by atoms with van der Waals surface area (Å²) in [6, 6.07) is 20.8. The lowest BCUT2D eigenvalue weighted by Crippen LogP contribution is -2.49. The van der Waals surface area contributed by atoms with Crippen LogP contribution in [-0.4, -0.2) is 49.2 Å². The van der Waals surface area contributed by atoms with Gasteiger partial charge in [-0.2, -0.15) is 0 Å². The van der Waals surface area contributed by atoms with Gasteiger partial charge in [0.1, 0.15) is 18.2 Å². The van der Waals surface area contributed by atoms with E-state index >= 15 is 0 Å². The van der Waals surface area contributed by atoms with Crippen molar-refractivity contribution < 1.29 is 24.2 Å². The van der Waals surface area contributed by atoms with E-state index in [0.29, 0.717) is 12.1 Å². The summed E-state index contributed by atoms with van der Waals surface area (Å²) in [7, 11) is 0. The molecular weight excluding hydrogens is 606 g/mol. The maximum atomic E-state index is 13.5. The first-order valence-corrected chi connectivity index (χ1v) is 16.6. The van der Waals surface area contributed by atoms with Crippen LogP contribution >= 0.6 is 0 Å².